The van der Waals surface area contributed by atoms with Gasteiger partial charge in [0.25, 0.3) is 10.0 Å². The Morgan fingerprint density at radius 1 is 1.14 bits per heavy atom. The summed E-state index contributed by atoms with van der Waals surface area (Å²) in [5.41, 5.74) is 9.89. The molecule has 1 heterocycles. The maximum Gasteiger partial charge on any atom is 0.308 e. The van der Waals surface area contributed by atoms with Crippen molar-refractivity contribution in [3.05, 3.63) is 17.0 Å². The SMILES string of the molecule is NC(=O)CN(CC(N)=O)S(=O)(=O)c1ccc(CC(=O)O)s1. The van der Waals surface area contributed by atoms with Crippen molar-refractivity contribution in [2.24, 2.45) is 11.5 Å². The molecule has 0 aliphatic carbocycles. The number of amides is 2. The summed E-state index contributed by atoms with van der Waals surface area (Å²) in [6.07, 6.45) is -0.328. The second-order valence-electron chi connectivity index (χ2n) is 4.00. The largest absolute Gasteiger partial charge is 0.481 e. The molecule has 0 aromatic carbocycles. The summed E-state index contributed by atoms with van der Waals surface area (Å²) in [7, 11) is -4.15. The van der Waals surface area contributed by atoms with Gasteiger partial charge in [0.1, 0.15) is 4.21 Å². The molecule has 11 heteroatoms. The fourth-order valence-corrected chi connectivity index (χ4v) is 4.32. The molecule has 1 rings (SSSR count). The van der Waals surface area contributed by atoms with Gasteiger partial charge in [-0.25, -0.2) is 8.42 Å². The first-order chi connectivity index (χ1) is 9.62. The molecule has 0 aliphatic heterocycles. The summed E-state index contributed by atoms with van der Waals surface area (Å²) in [4.78, 5) is 32.7. The van der Waals surface area contributed by atoms with Crippen LogP contribution in [0.15, 0.2) is 16.3 Å². The van der Waals surface area contributed by atoms with Gasteiger partial charge in [0.2, 0.25) is 11.8 Å². The molecule has 0 aliphatic rings. The molecular weight excluding hydrogens is 322 g/mol. The molecule has 21 heavy (non-hydrogen) atoms. The van der Waals surface area contributed by atoms with E-state index >= 15 is 0 Å². The van der Waals surface area contributed by atoms with Gasteiger partial charge < -0.3 is 16.6 Å². The van der Waals surface area contributed by atoms with Crippen molar-refractivity contribution >= 4 is 39.1 Å². The molecule has 0 atom stereocenters. The summed E-state index contributed by atoms with van der Waals surface area (Å²) < 4.78 is 24.9. The number of hydrogen-bond donors (Lipinski definition) is 3. The average Bonchev–Trinajstić information content (AvgIpc) is 2.75. The summed E-state index contributed by atoms with van der Waals surface area (Å²) in [5.74, 6) is -2.99. The number of nitrogens with zero attached hydrogens (tertiary/aromatic N) is 1. The minimum Gasteiger partial charge on any atom is -0.481 e. The molecule has 1 aromatic heterocycles. The van der Waals surface area contributed by atoms with Gasteiger partial charge >= 0.3 is 5.97 Å². The number of nitrogens with two attached hydrogens (primary N) is 2. The van der Waals surface area contributed by atoms with Crippen LogP contribution in [-0.4, -0.2) is 48.7 Å². The van der Waals surface area contributed by atoms with Gasteiger partial charge in [-0.2, -0.15) is 4.31 Å². The number of rotatable bonds is 8. The fraction of sp³-hybridized carbons (Fsp3) is 0.300. The number of carbonyl (C=O) groups excluding carboxylic acids is 2. The van der Waals surface area contributed by atoms with Crippen LogP contribution in [0.5, 0.6) is 0 Å². The van der Waals surface area contributed by atoms with Gasteiger partial charge in [0.05, 0.1) is 19.5 Å². The maximum atomic E-state index is 12.3. The third-order valence-corrected chi connectivity index (χ3v) is 5.57. The lowest BCUT2D eigenvalue weighted by Gasteiger charge is -2.17. The first kappa shape index (κ1) is 17.1. The van der Waals surface area contributed by atoms with E-state index in [9.17, 15) is 22.8 Å². The Morgan fingerprint density at radius 3 is 2.10 bits per heavy atom. The molecule has 0 saturated heterocycles. The Balaban J connectivity index is 3.09. The lowest BCUT2D eigenvalue weighted by atomic mass is 10.3. The number of thiophene rings is 1. The van der Waals surface area contributed by atoms with Crippen LogP contribution in [0.4, 0.5) is 0 Å². The molecule has 0 radical (unpaired) electrons. The lowest BCUT2D eigenvalue weighted by Crippen LogP contribution is -2.42. The molecular formula is C10H13N3O6S2. The van der Waals surface area contributed by atoms with Gasteiger partial charge in [-0.1, -0.05) is 0 Å². The summed E-state index contributed by atoms with van der Waals surface area (Å²) in [6, 6.07) is 2.55. The Hall–Kier alpha value is -1.98. The number of hydrogen-bond acceptors (Lipinski definition) is 6. The first-order valence-electron chi connectivity index (χ1n) is 5.50. The number of sulfonamides is 1. The zero-order chi connectivity index (χ0) is 16.2. The Morgan fingerprint density at radius 2 is 1.67 bits per heavy atom. The van der Waals surface area contributed by atoms with Crippen LogP contribution in [0.1, 0.15) is 4.88 Å². The van der Waals surface area contributed by atoms with Crippen molar-refractivity contribution in [3.8, 4) is 0 Å². The van der Waals surface area contributed by atoms with E-state index in [1.54, 1.807) is 0 Å². The van der Waals surface area contributed by atoms with Crippen LogP contribution in [0.3, 0.4) is 0 Å². The summed E-state index contributed by atoms with van der Waals surface area (Å²) in [6.45, 7) is -1.39. The number of primary amides is 2. The van der Waals surface area contributed by atoms with Gasteiger partial charge in [-0.3, -0.25) is 14.4 Å². The number of carbonyl (C=O) groups is 3. The lowest BCUT2D eigenvalue weighted by molar-refractivity contribution is -0.136. The number of carboxylic acids is 1. The predicted octanol–water partition coefficient (Wildman–Crippen LogP) is -1.66. The standard InChI is InChI=1S/C10H13N3O6S2/c11-7(14)4-13(5-8(12)15)21(18,19)10-2-1-6(20-10)3-9(16)17/h1-2H,3-5H2,(H2,11,14)(H2,12,15)(H,16,17). The zero-order valence-electron chi connectivity index (χ0n) is 10.7. The molecule has 0 saturated carbocycles. The molecule has 2 amide bonds. The number of aliphatic carboxylic acids is 1. The monoisotopic (exact) mass is 335 g/mol. The Labute approximate surface area is 124 Å². The smallest absolute Gasteiger partial charge is 0.308 e. The first-order valence-corrected chi connectivity index (χ1v) is 7.76. The maximum absolute atomic E-state index is 12.3. The minimum atomic E-state index is -4.15. The van der Waals surface area contributed by atoms with E-state index in [4.69, 9.17) is 16.6 Å². The van der Waals surface area contributed by atoms with Crippen molar-refractivity contribution in [2.45, 2.75) is 10.6 Å². The highest BCUT2D eigenvalue weighted by atomic mass is 32.2. The van der Waals surface area contributed by atoms with Crippen LogP contribution in [0.25, 0.3) is 0 Å². The highest BCUT2D eigenvalue weighted by Crippen LogP contribution is 2.25. The van der Waals surface area contributed by atoms with Crippen LogP contribution in [-0.2, 0) is 30.8 Å². The molecule has 0 unspecified atom stereocenters. The second-order valence-corrected chi connectivity index (χ2v) is 7.33. The molecule has 1 aromatic rings. The van der Waals surface area contributed by atoms with Crippen molar-refractivity contribution in [1.29, 1.82) is 0 Å². The molecule has 0 bridgehead atoms. The van der Waals surface area contributed by atoms with Crippen molar-refractivity contribution in [3.63, 3.8) is 0 Å². The van der Waals surface area contributed by atoms with E-state index in [1.165, 1.54) is 12.1 Å². The highest BCUT2D eigenvalue weighted by molar-refractivity contribution is 7.91. The third kappa shape index (κ3) is 4.81. The third-order valence-electron chi connectivity index (χ3n) is 2.22. The van der Waals surface area contributed by atoms with E-state index < -0.39 is 40.9 Å². The van der Waals surface area contributed by atoms with E-state index in [0.29, 0.717) is 9.18 Å². The van der Waals surface area contributed by atoms with E-state index in [-0.39, 0.29) is 10.6 Å². The predicted molar refractivity (Wildman–Crippen MR) is 72.8 cm³/mol. The van der Waals surface area contributed by atoms with Crippen molar-refractivity contribution in [1.82, 2.24) is 4.31 Å². The fourth-order valence-electron chi connectivity index (χ4n) is 1.44. The second kappa shape index (κ2) is 6.65. The van der Waals surface area contributed by atoms with Gasteiger partial charge in [0, 0.05) is 4.88 Å². The molecule has 0 fully saturated rings. The average molecular weight is 335 g/mol. The van der Waals surface area contributed by atoms with Gasteiger partial charge in [0.15, 0.2) is 0 Å². The van der Waals surface area contributed by atoms with E-state index in [1.807, 2.05) is 0 Å². The zero-order valence-corrected chi connectivity index (χ0v) is 12.3. The highest BCUT2D eigenvalue weighted by Gasteiger charge is 2.29. The molecule has 116 valence electrons. The topological polar surface area (TPSA) is 161 Å². The van der Waals surface area contributed by atoms with Crippen LogP contribution in [0, 0.1) is 0 Å². The Kier molecular flexibility index (Phi) is 5.41. The minimum absolute atomic E-state index is 0.193. The summed E-state index contributed by atoms with van der Waals surface area (Å²) >= 11 is 0.736. The van der Waals surface area contributed by atoms with Crippen LogP contribution < -0.4 is 11.5 Å². The number of carboxylic acid groups (broad SMARTS) is 1. The van der Waals surface area contributed by atoms with Crippen molar-refractivity contribution < 1.29 is 27.9 Å². The normalized spacial score (nSPS) is 11.5. The molecule has 0 spiro atoms. The molecule has 9 nitrogen and oxygen atoms in total. The van der Waals surface area contributed by atoms with Crippen molar-refractivity contribution in [2.75, 3.05) is 13.1 Å². The quantitative estimate of drug-likeness (QED) is 0.515. The summed E-state index contributed by atoms with van der Waals surface area (Å²) in [5, 5.41) is 8.65. The van der Waals surface area contributed by atoms with E-state index in [2.05, 4.69) is 0 Å². The Bertz CT molecular complexity index is 650. The van der Waals surface area contributed by atoms with Gasteiger partial charge in [-0.05, 0) is 12.1 Å². The molecule has 5 N–H and O–H groups in total. The van der Waals surface area contributed by atoms with Gasteiger partial charge in [-0.15, -0.1) is 11.3 Å². The van der Waals surface area contributed by atoms with E-state index in [0.717, 1.165) is 11.3 Å². The van der Waals surface area contributed by atoms with Crippen LogP contribution >= 0.6 is 11.3 Å². The van der Waals surface area contributed by atoms with Crippen LogP contribution in [0.2, 0.25) is 0 Å².